The molecule has 4 heteroatoms. The quantitative estimate of drug-likeness (QED) is 0.682. The van der Waals surface area contributed by atoms with Crippen LogP contribution in [0.25, 0.3) is 11.2 Å². The lowest BCUT2D eigenvalue weighted by atomic mass is 10.2. The van der Waals surface area contributed by atoms with E-state index in [0.29, 0.717) is 5.82 Å². The smallest absolute Gasteiger partial charge is 0.157 e. The molecule has 0 amide bonds. The molecule has 3 rings (SSSR count). The first kappa shape index (κ1) is 9.03. The molecule has 3 N–H and O–H groups in total. The van der Waals surface area contributed by atoms with E-state index in [-0.39, 0.29) is 0 Å². The molecule has 16 heavy (non-hydrogen) atoms. The van der Waals surface area contributed by atoms with Crippen LogP contribution in [-0.2, 0) is 6.54 Å². The summed E-state index contributed by atoms with van der Waals surface area (Å²) in [6.07, 6.45) is 1.83. The highest BCUT2D eigenvalue weighted by atomic mass is 15.1. The molecule has 0 saturated heterocycles. The van der Waals surface area contributed by atoms with Crippen LogP contribution in [0.1, 0.15) is 5.56 Å². The molecule has 0 aliphatic rings. The summed E-state index contributed by atoms with van der Waals surface area (Å²) in [4.78, 5) is 7.27. The Balaban J connectivity index is 2.00. The zero-order valence-corrected chi connectivity index (χ0v) is 8.72. The first-order valence-corrected chi connectivity index (χ1v) is 5.16. The minimum absolute atomic E-state index is 0.653. The van der Waals surface area contributed by atoms with E-state index in [1.807, 2.05) is 30.6 Å². The molecule has 2 aromatic heterocycles. The maximum Gasteiger partial charge on any atom is 0.157 e. The van der Waals surface area contributed by atoms with E-state index in [0.717, 1.165) is 17.7 Å². The molecule has 0 radical (unpaired) electrons. The summed E-state index contributed by atoms with van der Waals surface area (Å²) in [6.45, 7) is 0.814. The van der Waals surface area contributed by atoms with E-state index in [4.69, 9.17) is 5.73 Å². The Bertz CT molecular complexity index is 606. The minimum Gasteiger partial charge on any atom is -0.385 e. The van der Waals surface area contributed by atoms with Crippen LogP contribution >= 0.6 is 0 Å². The number of hydrogen-bond acceptors (Lipinski definition) is 2. The lowest BCUT2D eigenvalue weighted by molar-refractivity contribution is 0.824. The van der Waals surface area contributed by atoms with E-state index in [1.54, 1.807) is 0 Å². The molecule has 0 unspecified atom stereocenters. The third kappa shape index (κ3) is 1.44. The molecule has 0 fully saturated rings. The average Bonchev–Trinajstić information content (AvgIpc) is 2.81. The fourth-order valence-electron chi connectivity index (χ4n) is 1.87. The molecule has 0 atom stereocenters. The van der Waals surface area contributed by atoms with Gasteiger partial charge in [0.25, 0.3) is 0 Å². The van der Waals surface area contributed by atoms with Crippen molar-refractivity contribution in [2.45, 2.75) is 6.54 Å². The second kappa shape index (κ2) is 3.41. The third-order valence-electron chi connectivity index (χ3n) is 2.63. The van der Waals surface area contributed by atoms with Gasteiger partial charge in [-0.15, -0.1) is 0 Å². The summed E-state index contributed by atoms with van der Waals surface area (Å²) in [6, 6.07) is 12.2. The first-order chi connectivity index (χ1) is 7.83. The van der Waals surface area contributed by atoms with Crippen LogP contribution in [0.2, 0.25) is 0 Å². The number of anilines is 1. The van der Waals surface area contributed by atoms with Gasteiger partial charge >= 0.3 is 0 Å². The van der Waals surface area contributed by atoms with Crippen LogP contribution in [0, 0.1) is 0 Å². The Morgan fingerprint density at radius 1 is 1.25 bits per heavy atom. The Morgan fingerprint density at radius 3 is 2.88 bits per heavy atom. The van der Waals surface area contributed by atoms with Crippen molar-refractivity contribution in [2.75, 3.05) is 5.73 Å². The topological polar surface area (TPSA) is 59.6 Å². The van der Waals surface area contributed by atoms with Crippen molar-refractivity contribution in [3.05, 3.63) is 48.3 Å². The number of imidazole rings is 1. The predicted octanol–water partition coefficient (Wildman–Crippen LogP) is 1.99. The number of nitrogens with two attached hydrogens (primary N) is 1. The van der Waals surface area contributed by atoms with Gasteiger partial charge in [0, 0.05) is 12.6 Å². The Kier molecular flexibility index (Phi) is 1.93. The van der Waals surface area contributed by atoms with Crippen LogP contribution in [0.5, 0.6) is 0 Å². The molecular formula is C12H12N4. The number of rotatable bonds is 2. The standard InChI is InChI=1S/C12H12N4/c13-11-6-10-12(15-11)14-8-16(10)7-9-4-2-1-3-5-9/h1-6,8,15H,7,13H2. The van der Waals surface area contributed by atoms with Gasteiger partial charge in [-0.1, -0.05) is 30.3 Å². The highest BCUT2D eigenvalue weighted by Gasteiger charge is 2.05. The van der Waals surface area contributed by atoms with E-state index in [9.17, 15) is 0 Å². The second-order valence-electron chi connectivity index (χ2n) is 3.82. The second-order valence-corrected chi connectivity index (χ2v) is 3.82. The average molecular weight is 212 g/mol. The summed E-state index contributed by atoms with van der Waals surface area (Å²) in [5, 5.41) is 0. The number of aromatic nitrogens is 3. The van der Waals surface area contributed by atoms with Crippen LogP contribution < -0.4 is 5.73 Å². The highest BCUT2D eigenvalue weighted by Crippen LogP contribution is 2.16. The van der Waals surface area contributed by atoms with Gasteiger partial charge < -0.3 is 15.3 Å². The molecule has 0 aliphatic carbocycles. The fraction of sp³-hybridized carbons (Fsp3) is 0.0833. The van der Waals surface area contributed by atoms with Crippen molar-refractivity contribution in [1.82, 2.24) is 14.5 Å². The van der Waals surface area contributed by atoms with Crippen molar-refractivity contribution in [2.24, 2.45) is 0 Å². The number of fused-ring (bicyclic) bond motifs is 1. The SMILES string of the molecule is Nc1cc2c(ncn2Cc2ccccc2)[nH]1. The maximum absolute atomic E-state index is 5.69. The molecular weight excluding hydrogens is 200 g/mol. The van der Waals surface area contributed by atoms with Gasteiger partial charge in [-0.25, -0.2) is 4.98 Å². The van der Waals surface area contributed by atoms with Crippen molar-refractivity contribution in [3.8, 4) is 0 Å². The zero-order chi connectivity index (χ0) is 11.0. The largest absolute Gasteiger partial charge is 0.385 e. The van der Waals surface area contributed by atoms with Crippen molar-refractivity contribution in [1.29, 1.82) is 0 Å². The van der Waals surface area contributed by atoms with Crippen LogP contribution in [-0.4, -0.2) is 14.5 Å². The van der Waals surface area contributed by atoms with Crippen LogP contribution in [0.15, 0.2) is 42.7 Å². The maximum atomic E-state index is 5.69. The summed E-state index contributed by atoms with van der Waals surface area (Å²) in [7, 11) is 0. The number of benzene rings is 1. The molecule has 1 aromatic carbocycles. The number of nitrogens with zero attached hydrogens (tertiary/aromatic N) is 2. The van der Waals surface area contributed by atoms with Crippen LogP contribution in [0.4, 0.5) is 5.82 Å². The molecule has 0 saturated carbocycles. The lowest BCUT2D eigenvalue weighted by Gasteiger charge is -2.02. The molecule has 80 valence electrons. The number of H-pyrrole nitrogens is 1. The molecule has 0 aliphatic heterocycles. The van der Waals surface area contributed by atoms with Crippen molar-refractivity contribution in [3.63, 3.8) is 0 Å². The summed E-state index contributed by atoms with van der Waals surface area (Å²) in [5.74, 6) is 0.653. The van der Waals surface area contributed by atoms with Crippen molar-refractivity contribution < 1.29 is 0 Å². The third-order valence-corrected chi connectivity index (χ3v) is 2.63. The monoisotopic (exact) mass is 212 g/mol. The lowest BCUT2D eigenvalue weighted by Crippen LogP contribution is -1.96. The van der Waals surface area contributed by atoms with Gasteiger partial charge in [0.1, 0.15) is 5.82 Å². The summed E-state index contributed by atoms with van der Waals surface area (Å²) < 4.78 is 2.08. The Morgan fingerprint density at radius 2 is 2.06 bits per heavy atom. The van der Waals surface area contributed by atoms with E-state index in [2.05, 4.69) is 26.7 Å². The highest BCUT2D eigenvalue weighted by molar-refractivity contribution is 5.76. The van der Waals surface area contributed by atoms with Gasteiger partial charge in [-0.2, -0.15) is 0 Å². The van der Waals surface area contributed by atoms with Gasteiger partial charge in [-0.05, 0) is 5.56 Å². The number of aromatic amines is 1. The normalized spacial score (nSPS) is 11.0. The molecule has 4 nitrogen and oxygen atoms in total. The summed E-state index contributed by atoms with van der Waals surface area (Å²) in [5.41, 5.74) is 8.82. The molecule has 3 aromatic rings. The number of nitrogen functional groups attached to an aromatic ring is 1. The van der Waals surface area contributed by atoms with Gasteiger partial charge in [0.15, 0.2) is 5.65 Å². The van der Waals surface area contributed by atoms with E-state index < -0.39 is 0 Å². The van der Waals surface area contributed by atoms with Crippen molar-refractivity contribution >= 4 is 17.0 Å². The number of nitrogens with one attached hydrogen (secondary N) is 1. The molecule has 0 spiro atoms. The summed E-state index contributed by atoms with van der Waals surface area (Å²) >= 11 is 0. The first-order valence-electron chi connectivity index (χ1n) is 5.16. The fourth-order valence-corrected chi connectivity index (χ4v) is 1.87. The number of hydrogen-bond donors (Lipinski definition) is 2. The van der Waals surface area contributed by atoms with Gasteiger partial charge in [0.05, 0.1) is 11.8 Å². The van der Waals surface area contributed by atoms with Gasteiger partial charge in [-0.3, -0.25) is 0 Å². The van der Waals surface area contributed by atoms with Gasteiger partial charge in [0.2, 0.25) is 0 Å². The molecule has 2 heterocycles. The Labute approximate surface area is 92.7 Å². The molecule has 0 bridgehead atoms. The minimum atomic E-state index is 0.653. The van der Waals surface area contributed by atoms with E-state index in [1.165, 1.54) is 5.56 Å². The predicted molar refractivity (Wildman–Crippen MR) is 64.0 cm³/mol. The van der Waals surface area contributed by atoms with Crippen LogP contribution in [0.3, 0.4) is 0 Å². The Hall–Kier alpha value is -2.23. The zero-order valence-electron chi connectivity index (χ0n) is 8.72. The van der Waals surface area contributed by atoms with E-state index >= 15 is 0 Å².